The van der Waals surface area contributed by atoms with E-state index in [1.54, 1.807) is 59.4 Å². The molecule has 13 heteroatoms. The molecule has 2 amide bonds. The van der Waals surface area contributed by atoms with Crippen molar-refractivity contribution in [3.05, 3.63) is 106 Å². The molecule has 0 unspecified atom stereocenters. The Morgan fingerprint density at radius 2 is 1.60 bits per heavy atom. The van der Waals surface area contributed by atoms with Crippen molar-refractivity contribution in [3.8, 4) is 23.0 Å². The topological polar surface area (TPSA) is 143 Å². The molecule has 7 rings (SSSR count). The molecule has 0 aliphatic carbocycles. The zero-order chi connectivity index (χ0) is 32.3. The second-order valence-corrected chi connectivity index (χ2v) is 12.1. The van der Waals surface area contributed by atoms with E-state index in [9.17, 15) is 14.4 Å². The number of nitrogens with zero attached hydrogens (tertiary/aromatic N) is 2. The van der Waals surface area contributed by atoms with Gasteiger partial charge in [-0.15, -0.1) is 0 Å². The number of fused-ring (bicyclic) bond motifs is 3. The van der Waals surface area contributed by atoms with Crippen LogP contribution in [0, 0.1) is 0 Å². The fourth-order valence-electron chi connectivity index (χ4n) is 5.25. The molecule has 2 aliphatic heterocycles. The minimum absolute atomic E-state index is 0.0613. The van der Waals surface area contributed by atoms with Gasteiger partial charge in [0.2, 0.25) is 19.5 Å². The maximum atomic E-state index is 14.0. The third-order valence-electron chi connectivity index (χ3n) is 7.79. The molecule has 0 radical (unpaired) electrons. The molecule has 4 heterocycles. The molecule has 2 aromatic heterocycles. The van der Waals surface area contributed by atoms with E-state index in [0.29, 0.717) is 63.3 Å². The molecule has 0 saturated heterocycles. The summed E-state index contributed by atoms with van der Waals surface area (Å²) in [6, 6.07) is 19.4. The zero-order valence-electron chi connectivity index (χ0n) is 25.3. The average Bonchev–Trinajstić information content (AvgIpc) is 3.88. The smallest absolute Gasteiger partial charge is 0.262 e. The quantitative estimate of drug-likeness (QED) is 0.153. The monoisotopic (exact) mass is 654 g/mol. The van der Waals surface area contributed by atoms with E-state index in [1.807, 2.05) is 25.1 Å². The minimum Gasteiger partial charge on any atom is -0.467 e. The van der Waals surface area contributed by atoms with Crippen molar-refractivity contribution in [2.75, 3.05) is 13.6 Å². The molecule has 2 N–H and O–H groups in total. The predicted octanol–water partition coefficient (Wildman–Crippen LogP) is 4.61. The summed E-state index contributed by atoms with van der Waals surface area (Å²) in [4.78, 5) is 44.9. The van der Waals surface area contributed by atoms with Gasteiger partial charge in [0.25, 0.3) is 11.5 Å². The van der Waals surface area contributed by atoms with Crippen molar-refractivity contribution in [1.29, 1.82) is 0 Å². The molecule has 12 nitrogen and oxygen atoms in total. The highest BCUT2D eigenvalue weighted by molar-refractivity contribution is 8.00. The Morgan fingerprint density at radius 3 is 2.34 bits per heavy atom. The summed E-state index contributed by atoms with van der Waals surface area (Å²) in [6.07, 6.45) is 2.05. The van der Waals surface area contributed by atoms with Crippen molar-refractivity contribution >= 4 is 34.5 Å². The summed E-state index contributed by atoms with van der Waals surface area (Å²) in [5, 5.41) is 6.05. The average molecular weight is 655 g/mol. The summed E-state index contributed by atoms with van der Waals surface area (Å²) >= 11 is 1.22. The summed E-state index contributed by atoms with van der Waals surface area (Å²) in [7, 11) is 0. The van der Waals surface area contributed by atoms with E-state index in [1.165, 1.54) is 11.8 Å². The van der Waals surface area contributed by atoms with Crippen LogP contribution in [0.15, 0.2) is 87.4 Å². The second kappa shape index (κ2) is 13.1. The van der Waals surface area contributed by atoms with Gasteiger partial charge in [0, 0.05) is 18.2 Å². The van der Waals surface area contributed by atoms with Crippen LogP contribution >= 0.6 is 11.8 Å². The van der Waals surface area contributed by atoms with Crippen LogP contribution in [-0.4, -0.2) is 40.2 Å². The molecule has 240 valence electrons. The molecular weight excluding hydrogens is 624 g/mol. The van der Waals surface area contributed by atoms with E-state index >= 15 is 0 Å². The van der Waals surface area contributed by atoms with Gasteiger partial charge >= 0.3 is 0 Å². The van der Waals surface area contributed by atoms with E-state index in [2.05, 4.69) is 10.6 Å². The summed E-state index contributed by atoms with van der Waals surface area (Å²) in [6.45, 7) is 2.89. The van der Waals surface area contributed by atoms with E-state index < -0.39 is 5.25 Å². The van der Waals surface area contributed by atoms with Crippen LogP contribution < -0.4 is 35.1 Å². The molecule has 0 fully saturated rings. The van der Waals surface area contributed by atoms with Gasteiger partial charge in [-0.1, -0.05) is 36.9 Å². The molecule has 1 atom stereocenters. The third kappa shape index (κ3) is 6.47. The Morgan fingerprint density at radius 1 is 0.872 bits per heavy atom. The number of benzene rings is 3. The summed E-state index contributed by atoms with van der Waals surface area (Å²) in [5.41, 5.74) is 2.29. The number of carbonyl (C=O) groups is 2. The highest BCUT2D eigenvalue weighted by Gasteiger charge is 2.24. The van der Waals surface area contributed by atoms with Crippen LogP contribution in [0.25, 0.3) is 10.9 Å². The lowest BCUT2D eigenvalue weighted by atomic mass is 10.1. The van der Waals surface area contributed by atoms with Crippen LogP contribution in [0.5, 0.6) is 23.0 Å². The fraction of sp³-hybridized carbons (Fsp3) is 0.235. The molecular formula is C34H30N4O8S. The predicted molar refractivity (Wildman–Crippen MR) is 172 cm³/mol. The van der Waals surface area contributed by atoms with Crippen molar-refractivity contribution in [2.45, 2.75) is 43.4 Å². The minimum atomic E-state index is -0.523. The zero-order valence-corrected chi connectivity index (χ0v) is 26.1. The van der Waals surface area contributed by atoms with Gasteiger partial charge in [-0.25, -0.2) is 4.98 Å². The number of aromatic nitrogens is 2. The van der Waals surface area contributed by atoms with Crippen LogP contribution in [0.1, 0.15) is 40.6 Å². The number of amides is 2. The number of rotatable bonds is 11. The van der Waals surface area contributed by atoms with Gasteiger partial charge in [-0.3, -0.25) is 19.0 Å². The van der Waals surface area contributed by atoms with E-state index in [-0.39, 0.29) is 44.0 Å². The van der Waals surface area contributed by atoms with Gasteiger partial charge < -0.3 is 34.0 Å². The maximum absolute atomic E-state index is 14.0. The summed E-state index contributed by atoms with van der Waals surface area (Å²) < 4.78 is 28.7. The number of thioether (sulfide) groups is 1. The fourth-order valence-corrected chi connectivity index (χ4v) is 6.29. The first-order valence-electron chi connectivity index (χ1n) is 15.0. The number of nitrogens with one attached hydrogen (secondary N) is 2. The highest BCUT2D eigenvalue weighted by Crippen LogP contribution is 2.36. The van der Waals surface area contributed by atoms with Gasteiger partial charge in [0.15, 0.2) is 28.2 Å². The maximum Gasteiger partial charge on any atom is 0.262 e. The first kappa shape index (κ1) is 30.2. The number of carbonyl (C=O) groups excluding carboxylic acids is 2. The highest BCUT2D eigenvalue weighted by atomic mass is 32.2. The van der Waals surface area contributed by atoms with Crippen LogP contribution in [0.3, 0.4) is 0 Å². The van der Waals surface area contributed by atoms with Crippen LogP contribution in [0.4, 0.5) is 0 Å². The first-order valence-corrected chi connectivity index (χ1v) is 15.9. The molecule has 0 spiro atoms. The number of hydrogen-bond acceptors (Lipinski definition) is 10. The van der Waals surface area contributed by atoms with Gasteiger partial charge in [-0.05, 0) is 60.0 Å². The van der Waals surface area contributed by atoms with Gasteiger partial charge in [0.1, 0.15) is 5.76 Å². The van der Waals surface area contributed by atoms with E-state index in [0.717, 1.165) is 11.1 Å². The molecule has 0 bridgehead atoms. The van der Waals surface area contributed by atoms with Crippen molar-refractivity contribution in [2.24, 2.45) is 0 Å². The number of hydrogen-bond donors (Lipinski definition) is 2. The lowest BCUT2D eigenvalue weighted by Crippen LogP contribution is -2.33. The van der Waals surface area contributed by atoms with E-state index in [4.69, 9.17) is 28.3 Å². The molecule has 47 heavy (non-hydrogen) atoms. The number of ether oxygens (including phenoxy) is 4. The Labute approximate surface area is 273 Å². The van der Waals surface area contributed by atoms with Crippen molar-refractivity contribution in [3.63, 3.8) is 0 Å². The molecule has 5 aromatic rings. The van der Waals surface area contributed by atoms with Gasteiger partial charge in [-0.2, -0.15) is 0 Å². The molecule has 0 saturated carbocycles. The van der Waals surface area contributed by atoms with Gasteiger partial charge in [0.05, 0.1) is 35.5 Å². The summed E-state index contributed by atoms with van der Waals surface area (Å²) in [5.74, 6) is 2.52. The molecule has 3 aromatic carbocycles. The van der Waals surface area contributed by atoms with Crippen LogP contribution in [-0.2, 0) is 24.4 Å². The van der Waals surface area contributed by atoms with Crippen molar-refractivity contribution in [1.82, 2.24) is 20.2 Å². The SMILES string of the molecule is CC[C@H](Sc1nc2cc3c(cc2c(=O)n1Cc1ccc(C(=O)NCc2ccc4c(c2)OCO4)cc1)OCO3)C(=O)NCc1ccco1. The Bertz CT molecular complexity index is 2010. The Kier molecular flexibility index (Phi) is 8.44. The lowest BCUT2D eigenvalue weighted by Gasteiger charge is -2.18. The van der Waals surface area contributed by atoms with Crippen molar-refractivity contribution < 1.29 is 33.0 Å². The lowest BCUT2D eigenvalue weighted by molar-refractivity contribution is -0.120. The third-order valence-corrected chi connectivity index (χ3v) is 9.14. The standard InChI is InChI=1S/C34H30N4O8S/c1-2-30(32(40)36-16-23-4-3-11-42-23)47-34-37-25-14-29-28(45-19-46-29)13-24(25)33(41)38(34)17-20-5-8-22(9-6-20)31(39)35-15-21-7-10-26-27(12-21)44-18-43-26/h3-14,30H,2,15-19H2,1H3,(H,35,39)(H,36,40)/t30-/m0/s1. The van der Waals surface area contributed by atoms with Crippen LogP contribution in [0.2, 0.25) is 0 Å². The number of furan rings is 1. The first-order chi connectivity index (χ1) is 22.9. The Hall–Kier alpha value is -5.43. The largest absolute Gasteiger partial charge is 0.467 e. The Balaban J connectivity index is 1.11. The molecule has 2 aliphatic rings. The second-order valence-electron chi connectivity index (χ2n) is 10.9. The normalized spacial score (nSPS) is 13.5.